The molecule has 6 rings (SSSR count). The van der Waals surface area contributed by atoms with Gasteiger partial charge in [0.1, 0.15) is 30.0 Å². The van der Waals surface area contributed by atoms with Crippen LogP contribution in [0.25, 0.3) is 5.70 Å². The summed E-state index contributed by atoms with van der Waals surface area (Å²) in [6, 6.07) is 24.6. The largest absolute Gasteiger partial charge is 0.497 e. The van der Waals surface area contributed by atoms with Crippen molar-refractivity contribution >= 4 is 11.6 Å². The molecule has 0 spiro atoms. The number of para-hydroxylation sites is 1. The zero-order valence-corrected chi connectivity index (χ0v) is 17.8. The topological polar surface area (TPSA) is 61.2 Å². The Morgan fingerprint density at radius 2 is 1.69 bits per heavy atom. The third kappa shape index (κ3) is 2.87. The summed E-state index contributed by atoms with van der Waals surface area (Å²) in [4.78, 5) is 4.48. The first-order chi connectivity index (χ1) is 15.7. The minimum atomic E-state index is -0.290. The number of methoxy groups -OCH3 is 1. The molecule has 6 nitrogen and oxygen atoms in total. The number of hydrogen-bond donors (Lipinski definition) is 1. The second kappa shape index (κ2) is 7.27. The molecule has 2 aliphatic rings. The summed E-state index contributed by atoms with van der Waals surface area (Å²) in [6.45, 7) is 2.10. The first kappa shape index (κ1) is 18.7. The van der Waals surface area contributed by atoms with Gasteiger partial charge in [0.2, 0.25) is 5.95 Å². The fourth-order valence-corrected chi connectivity index (χ4v) is 4.54. The fourth-order valence-electron chi connectivity index (χ4n) is 4.54. The number of hydrogen-bond acceptors (Lipinski definition) is 5. The normalized spacial score (nSPS) is 18.7. The predicted molar refractivity (Wildman–Crippen MR) is 123 cm³/mol. The molecule has 2 atom stereocenters. The van der Waals surface area contributed by atoms with E-state index in [2.05, 4.69) is 64.8 Å². The minimum absolute atomic E-state index is 0.148. The number of benzene rings is 3. The molecule has 0 radical (unpaired) electrons. The van der Waals surface area contributed by atoms with E-state index in [4.69, 9.17) is 9.47 Å². The van der Waals surface area contributed by atoms with Gasteiger partial charge in [0, 0.05) is 11.1 Å². The van der Waals surface area contributed by atoms with Crippen LogP contribution in [0.1, 0.15) is 34.4 Å². The van der Waals surface area contributed by atoms with Crippen LogP contribution in [0.4, 0.5) is 5.95 Å². The van der Waals surface area contributed by atoms with Gasteiger partial charge in [-0.05, 0) is 42.3 Å². The summed E-state index contributed by atoms with van der Waals surface area (Å²) < 4.78 is 13.9. The highest BCUT2D eigenvalue weighted by Crippen LogP contribution is 2.50. The summed E-state index contributed by atoms with van der Waals surface area (Å²) in [5, 5.41) is 8.11. The monoisotopic (exact) mass is 422 g/mol. The Labute approximate surface area is 186 Å². The van der Waals surface area contributed by atoms with Gasteiger partial charge in [0.15, 0.2) is 0 Å². The highest BCUT2D eigenvalue weighted by atomic mass is 16.5. The van der Waals surface area contributed by atoms with Crippen LogP contribution < -0.4 is 14.8 Å². The van der Waals surface area contributed by atoms with Crippen LogP contribution in [0.15, 0.2) is 84.7 Å². The number of nitrogens with zero attached hydrogens (tertiary/aromatic N) is 3. The van der Waals surface area contributed by atoms with Crippen LogP contribution in [0, 0.1) is 6.92 Å². The molecule has 0 fully saturated rings. The molecule has 0 saturated carbocycles. The van der Waals surface area contributed by atoms with E-state index in [1.54, 1.807) is 13.4 Å². The number of fused-ring (bicyclic) bond motifs is 3. The van der Waals surface area contributed by atoms with Crippen molar-refractivity contribution in [2.45, 2.75) is 19.1 Å². The molecule has 32 heavy (non-hydrogen) atoms. The van der Waals surface area contributed by atoms with Crippen LogP contribution in [-0.4, -0.2) is 21.9 Å². The van der Waals surface area contributed by atoms with Crippen LogP contribution in [-0.2, 0) is 0 Å². The minimum Gasteiger partial charge on any atom is -0.497 e. The molecule has 2 aliphatic heterocycles. The lowest BCUT2D eigenvalue weighted by molar-refractivity contribution is 0.223. The Morgan fingerprint density at radius 1 is 0.938 bits per heavy atom. The maximum Gasteiger partial charge on any atom is 0.226 e. The van der Waals surface area contributed by atoms with E-state index in [1.165, 1.54) is 5.56 Å². The number of ether oxygens (including phenoxy) is 2. The van der Waals surface area contributed by atoms with E-state index in [0.717, 1.165) is 45.4 Å². The summed E-state index contributed by atoms with van der Waals surface area (Å²) in [5.74, 6) is 2.38. The zero-order chi connectivity index (χ0) is 21.7. The van der Waals surface area contributed by atoms with Gasteiger partial charge in [-0.25, -0.2) is 4.68 Å². The molecule has 4 aromatic rings. The molecule has 1 N–H and O–H groups in total. The van der Waals surface area contributed by atoms with Crippen molar-refractivity contribution in [1.29, 1.82) is 0 Å². The molecule has 0 aliphatic carbocycles. The Bertz CT molecular complexity index is 1320. The Hall–Kier alpha value is -4.06. The first-order valence-electron chi connectivity index (χ1n) is 10.6. The number of aromatic nitrogens is 3. The van der Waals surface area contributed by atoms with E-state index >= 15 is 0 Å². The van der Waals surface area contributed by atoms with Gasteiger partial charge in [-0.15, -0.1) is 0 Å². The smallest absolute Gasteiger partial charge is 0.226 e. The van der Waals surface area contributed by atoms with E-state index < -0.39 is 0 Å². The molecular formula is C26H22N4O2. The molecule has 158 valence electrons. The number of rotatable bonds is 3. The molecule has 1 aromatic heterocycles. The van der Waals surface area contributed by atoms with Crippen molar-refractivity contribution in [3.8, 4) is 11.5 Å². The van der Waals surface area contributed by atoms with Gasteiger partial charge < -0.3 is 14.8 Å². The summed E-state index contributed by atoms with van der Waals surface area (Å²) >= 11 is 0. The lowest BCUT2D eigenvalue weighted by Crippen LogP contribution is -2.32. The van der Waals surface area contributed by atoms with Crippen molar-refractivity contribution in [2.75, 3.05) is 12.4 Å². The summed E-state index contributed by atoms with van der Waals surface area (Å²) in [7, 11) is 1.67. The quantitative estimate of drug-likeness (QED) is 0.494. The number of aryl methyl sites for hydroxylation is 1. The fraction of sp³-hybridized carbons (Fsp3) is 0.154. The molecule has 3 heterocycles. The lowest BCUT2D eigenvalue weighted by atomic mass is 9.84. The predicted octanol–water partition coefficient (Wildman–Crippen LogP) is 5.16. The number of anilines is 1. The number of nitrogens with one attached hydrogen (secondary N) is 1. The highest BCUT2D eigenvalue weighted by molar-refractivity contribution is 5.85. The second-order valence-electron chi connectivity index (χ2n) is 8.06. The standard InChI is InChI=1S/C26H22N4O2/c1-16-7-9-17(10-8-16)24-22-23(29-26-27-15-28-30(24)26)20-5-3-4-6-21(20)32-25(22)18-11-13-19(31-2)14-12-18/h3-15,24-25H,1-2H3,(H,27,28,29). The molecular weight excluding hydrogens is 400 g/mol. The van der Waals surface area contributed by atoms with Crippen LogP contribution in [0.3, 0.4) is 0 Å². The van der Waals surface area contributed by atoms with Gasteiger partial charge >= 0.3 is 0 Å². The van der Waals surface area contributed by atoms with Crippen LogP contribution in [0.2, 0.25) is 0 Å². The van der Waals surface area contributed by atoms with Crippen molar-refractivity contribution in [3.05, 3.63) is 107 Å². The highest BCUT2D eigenvalue weighted by Gasteiger charge is 2.40. The lowest BCUT2D eigenvalue weighted by Gasteiger charge is -2.39. The molecule has 0 saturated heterocycles. The molecule has 0 bridgehead atoms. The van der Waals surface area contributed by atoms with E-state index in [-0.39, 0.29) is 12.1 Å². The molecule has 0 amide bonds. The van der Waals surface area contributed by atoms with Gasteiger partial charge in [0.05, 0.1) is 12.8 Å². The average Bonchev–Trinajstić information content (AvgIpc) is 3.31. The second-order valence-corrected chi connectivity index (χ2v) is 8.06. The van der Waals surface area contributed by atoms with Gasteiger partial charge in [-0.2, -0.15) is 10.1 Å². The Kier molecular flexibility index (Phi) is 4.24. The Balaban J connectivity index is 1.60. The maximum absolute atomic E-state index is 6.63. The van der Waals surface area contributed by atoms with E-state index in [0.29, 0.717) is 0 Å². The third-order valence-electron chi connectivity index (χ3n) is 6.13. The average molecular weight is 422 g/mol. The van der Waals surface area contributed by atoms with Gasteiger partial charge in [0.25, 0.3) is 0 Å². The van der Waals surface area contributed by atoms with Gasteiger partial charge in [-0.3, -0.25) is 0 Å². The summed E-state index contributed by atoms with van der Waals surface area (Å²) in [5.41, 5.74) is 6.56. The van der Waals surface area contributed by atoms with Crippen molar-refractivity contribution < 1.29 is 9.47 Å². The van der Waals surface area contributed by atoms with Crippen LogP contribution in [0.5, 0.6) is 11.5 Å². The first-order valence-corrected chi connectivity index (χ1v) is 10.6. The Morgan fingerprint density at radius 3 is 2.47 bits per heavy atom. The van der Waals surface area contributed by atoms with E-state index in [9.17, 15) is 0 Å². The van der Waals surface area contributed by atoms with Crippen LogP contribution >= 0.6 is 0 Å². The summed E-state index contributed by atoms with van der Waals surface area (Å²) in [6.07, 6.45) is 1.30. The molecule has 3 aromatic carbocycles. The maximum atomic E-state index is 6.63. The molecule has 2 unspecified atom stereocenters. The van der Waals surface area contributed by atoms with Crippen molar-refractivity contribution in [2.24, 2.45) is 0 Å². The molecule has 6 heteroatoms. The SMILES string of the molecule is COc1ccc(C2Oc3ccccc3C3=C2C(c2ccc(C)cc2)n2ncnc2N3)cc1. The van der Waals surface area contributed by atoms with E-state index in [1.807, 2.05) is 35.0 Å². The van der Waals surface area contributed by atoms with Crippen molar-refractivity contribution in [1.82, 2.24) is 14.8 Å². The van der Waals surface area contributed by atoms with Gasteiger partial charge in [-0.1, -0.05) is 54.1 Å². The zero-order valence-electron chi connectivity index (χ0n) is 17.8. The third-order valence-corrected chi connectivity index (χ3v) is 6.13. The van der Waals surface area contributed by atoms with Crippen molar-refractivity contribution in [3.63, 3.8) is 0 Å².